The Bertz CT molecular complexity index is 442. The summed E-state index contributed by atoms with van der Waals surface area (Å²) in [4.78, 5) is 15.9. The molecule has 1 unspecified atom stereocenters. The van der Waals surface area contributed by atoms with Gasteiger partial charge in [-0.3, -0.25) is 9.80 Å². The monoisotopic (exact) mass is 362 g/mol. The normalized spacial score (nSPS) is 22.3. The van der Waals surface area contributed by atoms with Gasteiger partial charge in [0.05, 0.1) is 0 Å². The van der Waals surface area contributed by atoms with Gasteiger partial charge in [-0.1, -0.05) is 0 Å². The van der Waals surface area contributed by atoms with E-state index in [1.54, 1.807) is 0 Å². The van der Waals surface area contributed by atoms with Crippen molar-refractivity contribution < 1.29 is 0 Å². The van der Waals surface area contributed by atoms with Crippen LogP contribution in [0.5, 0.6) is 0 Å². The molecule has 1 aromatic heterocycles. The predicted octanol–water partition coefficient (Wildman–Crippen LogP) is 0.866. The standard InChI is InChI=1S/C15H26N6.2ClH/c1-19(2)15-17-9-13(10-18-15)12-20-5-7-21(8-6-20)14-3-4-16-11-14;;/h9-10,14,16H,3-8,11-12H2,1-2H3;2*1H. The van der Waals surface area contributed by atoms with Crippen molar-refractivity contribution in [1.82, 2.24) is 25.1 Å². The van der Waals surface area contributed by atoms with Crippen LogP contribution in [0.4, 0.5) is 5.95 Å². The molecule has 0 spiro atoms. The van der Waals surface area contributed by atoms with Crippen LogP contribution >= 0.6 is 24.8 Å². The molecule has 1 aromatic rings. The van der Waals surface area contributed by atoms with Crippen LogP contribution in [-0.2, 0) is 6.54 Å². The van der Waals surface area contributed by atoms with Crippen LogP contribution in [0.25, 0.3) is 0 Å². The molecule has 2 aliphatic rings. The molecule has 2 aliphatic heterocycles. The first kappa shape index (κ1) is 20.4. The fraction of sp³-hybridized carbons (Fsp3) is 0.733. The summed E-state index contributed by atoms with van der Waals surface area (Å²) in [6, 6.07) is 0.759. The third-order valence-corrected chi connectivity index (χ3v) is 4.46. The van der Waals surface area contributed by atoms with Gasteiger partial charge in [0.15, 0.2) is 0 Å². The lowest BCUT2D eigenvalue weighted by Gasteiger charge is -2.37. The lowest BCUT2D eigenvalue weighted by Crippen LogP contribution is -2.50. The lowest BCUT2D eigenvalue weighted by molar-refractivity contribution is 0.0980. The molecule has 0 amide bonds. The van der Waals surface area contributed by atoms with E-state index in [0.29, 0.717) is 0 Å². The fourth-order valence-corrected chi connectivity index (χ4v) is 3.16. The number of halogens is 2. The van der Waals surface area contributed by atoms with Crippen molar-refractivity contribution in [2.75, 3.05) is 58.3 Å². The summed E-state index contributed by atoms with van der Waals surface area (Å²) in [5, 5.41) is 3.46. The Morgan fingerprint density at radius 1 is 1.13 bits per heavy atom. The molecule has 3 heterocycles. The van der Waals surface area contributed by atoms with Gasteiger partial charge in [-0.2, -0.15) is 0 Å². The smallest absolute Gasteiger partial charge is 0.224 e. The summed E-state index contributed by atoms with van der Waals surface area (Å²) < 4.78 is 0. The molecule has 0 saturated carbocycles. The van der Waals surface area contributed by atoms with Crippen LogP contribution in [0.2, 0.25) is 0 Å². The van der Waals surface area contributed by atoms with Crippen LogP contribution in [0.15, 0.2) is 12.4 Å². The number of anilines is 1. The minimum absolute atomic E-state index is 0. The lowest BCUT2D eigenvalue weighted by atomic mass is 10.2. The maximum Gasteiger partial charge on any atom is 0.224 e. The van der Waals surface area contributed by atoms with E-state index in [2.05, 4.69) is 25.1 Å². The molecule has 3 rings (SSSR count). The van der Waals surface area contributed by atoms with Gasteiger partial charge in [-0.05, 0) is 13.0 Å². The van der Waals surface area contributed by atoms with Gasteiger partial charge in [-0.15, -0.1) is 24.8 Å². The third-order valence-electron chi connectivity index (χ3n) is 4.46. The molecule has 6 nitrogen and oxygen atoms in total. The van der Waals surface area contributed by atoms with Gasteiger partial charge in [0, 0.05) is 77.4 Å². The maximum atomic E-state index is 4.39. The Hall–Kier alpha value is -0.660. The summed E-state index contributed by atoms with van der Waals surface area (Å²) in [7, 11) is 3.93. The molecule has 0 aliphatic carbocycles. The van der Waals surface area contributed by atoms with E-state index in [4.69, 9.17) is 0 Å². The fourth-order valence-electron chi connectivity index (χ4n) is 3.16. The largest absolute Gasteiger partial charge is 0.347 e. The molecule has 0 bridgehead atoms. The molecule has 2 saturated heterocycles. The van der Waals surface area contributed by atoms with Crippen LogP contribution in [0.1, 0.15) is 12.0 Å². The van der Waals surface area contributed by atoms with Gasteiger partial charge in [-0.25, -0.2) is 9.97 Å². The van der Waals surface area contributed by atoms with E-state index in [1.807, 2.05) is 31.4 Å². The second-order valence-corrected chi connectivity index (χ2v) is 6.24. The first-order valence-corrected chi connectivity index (χ1v) is 7.88. The average Bonchev–Trinajstić information content (AvgIpc) is 3.03. The Morgan fingerprint density at radius 2 is 1.78 bits per heavy atom. The van der Waals surface area contributed by atoms with Gasteiger partial charge in [0.2, 0.25) is 5.95 Å². The van der Waals surface area contributed by atoms with Crippen LogP contribution in [-0.4, -0.2) is 79.2 Å². The second-order valence-electron chi connectivity index (χ2n) is 6.24. The van der Waals surface area contributed by atoms with E-state index in [0.717, 1.165) is 31.6 Å². The van der Waals surface area contributed by atoms with Crippen molar-refractivity contribution in [3.8, 4) is 0 Å². The minimum Gasteiger partial charge on any atom is -0.347 e. The van der Waals surface area contributed by atoms with E-state index < -0.39 is 0 Å². The average molecular weight is 363 g/mol. The Morgan fingerprint density at radius 3 is 2.30 bits per heavy atom. The van der Waals surface area contributed by atoms with Crippen molar-refractivity contribution in [2.45, 2.75) is 19.0 Å². The summed E-state index contributed by atoms with van der Waals surface area (Å²) in [6.07, 6.45) is 5.21. The minimum atomic E-state index is 0. The summed E-state index contributed by atoms with van der Waals surface area (Å²) in [5.74, 6) is 0.775. The molecular formula is C15H28Cl2N6. The van der Waals surface area contributed by atoms with Gasteiger partial charge in [0.25, 0.3) is 0 Å². The molecule has 2 fully saturated rings. The van der Waals surface area contributed by atoms with E-state index in [-0.39, 0.29) is 24.8 Å². The van der Waals surface area contributed by atoms with Crippen LogP contribution in [0, 0.1) is 0 Å². The molecule has 132 valence electrons. The highest BCUT2D eigenvalue weighted by Gasteiger charge is 2.25. The molecule has 0 radical (unpaired) electrons. The van der Waals surface area contributed by atoms with Crippen LogP contribution in [0.3, 0.4) is 0 Å². The Balaban J connectivity index is 0.00000132. The third kappa shape index (κ3) is 5.43. The SMILES string of the molecule is CN(C)c1ncc(CN2CCN(C3CCNC3)CC2)cn1.Cl.Cl. The number of rotatable bonds is 4. The predicted molar refractivity (Wildman–Crippen MR) is 99.0 cm³/mol. The summed E-state index contributed by atoms with van der Waals surface area (Å²) in [6.45, 7) is 7.97. The Labute approximate surface area is 151 Å². The van der Waals surface area contributed by atoms with Crippen molar-refractivity contribution in [2.24, 2.45) is 0 Å². The highest BCUT2D eigenvalue weighted by Crippen LogP contribution is 2.14. The molecule has 0 aromatic carbocycles. The topological polar surface area (TPSA) is 47.5 Å². The van der Waals surface area contributed by atoms with Crippen molar-refractivity contribution in [1.29, 1.82) is 0 Å². The number of hydrogen-bond donors (Lipinski definition) is 1. The zero-order chi connectivity index (χ0) is 14.7. The van der Waals surface area contributed by atoms with Crippen molar-refractivity contribution >= 4 is 30.8 Å². The molecule has 23 heavy (non-hydrogen) atoms. The molecule has 1 N–H and O–H groups in total. The van der Waals surface area contributed by atoms with Crippen LogP contribution < -0.4 is 10.2 Å². The van der Waals surface area contributed by atoms with E-state index in [1.165, 1.54) is 38.2 Å². The van der Waals surface area contributed by atoms with E-state index in [9.17, 15) is 0 Å². The molecular weight excluding hydrogens is 335 g/mol. The summed E-state index contributed by atoms with van der Waals surface area (Å²) in [5.41, 5.74) is 1.21. The quantitative estimate of drug-likeness (QED) is 0.857. The van der Waals surface area contributed by atoms with Gasteiger partial charge < -0.3 is 10.2 Å². The van der Waals surface area contributed by atoms with Gasteiger partial charge in [0.1, 0.15) is 0 Å². The number of piperazine rings is 1. The zero-order valence-corrected chi connectivity index (χ0v) is 15.6. The highest BCUT2D eigenvalue weighted by atomic mass is 35.5. The summed E-state index contributed by atoms with van der Waals surface area (Å²) >= 11 is 0. The van der Waals surface area contributed by atoms with Crippen molar-refractivity contribution in [3.63, 3.8) is 0 Å². The zero-order valence-electron chi connectivity index (χ0n) is 13.9. The van der Waals surface area contributed by atoms with Gasteiger partial charge >= 0.3 is 0 Å². The maximum absolute atomic E-state index is 4.39. The first-order valence-electron chi connectivity index (χ1n) is 7.88. The number of nitrogens with one attached hydrogen (secondary N) is 1. The number of hydrogen-bond acceptors (Lipinski definition) is 6. The molecule has 8 heteroatoms. The van der Waals surface area contributed by atoms with Crippen molar-refractivity contribution in [3.05, 3.63) is 18.0 Å². The second kappa shape index (κ2) is 9.59. The highest BCUT2D eigenvalue weighted by molar-refractivity contribution is 5.85. The molecule has 1 atom stereocenters. The number of nitrogens with zero attached hydrogens (tertiary/aromatic N) is 5. The van der Waals surface area contributed by atoms with E-state index >= 15 is 0 Å². The Kier molecular flexibility index (Phi) is 8.50. The number of aromatic nitrogens is 2. The first-order chi connectivity index (χ1) is 10.2.